The molecule has 0 bridgehead atoms. The van der Waals surface area contributed by atoms with E-state index in [9.17, 15) is 20.1 Å². The van der Waals surface area contributed by atoms with E-state index < -0.39 is 6.10 Å². The first kappa shape index (κ1) is 13.7. The fraction of sp³-hybridized carbons (Fsp3) is 0.312. The molecule has 0 saturated carbocycles. The third-order valence-electron chi connectivity index (χ3n) is 4.05. The van der Waals surface area contributed by atoms with E-state index in [2.05, 4.69) is 0 Å². The predicted molar refractivity (Wildman–Crippen MR) is 76.9 cm³/mol. The Kier molecular flexibility index (Phi) is 3.02. The maximum Gasteiger partial charge on any atom is 0.167 e. The molecule has 2 atom stereocenters. The monoisotopic (exact) mass is 288 g/mol. The molecule has 0 amide bonds. The number of hydrogen-bond acceptors (Lipinski definition) is 5. The highest BCUT2D eigenvalue weighted by molar-refractivity contribution is 6.09. The van der Waals surface area contributed by atoms with Gasteiger partial charge in [-0.1, -0.05) is 6.92 Å². The smallest absolute Gasteiger partial charge is 0.167 e. The molecule has 110 valence electrons. The van der Waals surface area contributed by atoms with Gasteiger partial charge in [0, 0.05) is 12.5 Å². The zero-order valence-electron chi connectivity index (χ0n) is 11.8. The maximum atomic E-state index is 12.2. The summed E-state index contributed by atoms with van der Waals surface area (Å²) in [5, 5.41) is 31.3. The Morgan fingerprint density at radius 2 is 1.95 bits per heavy atom. The lowest BCUT2D eigenvalue weighted by Gasteiger charge is -2.28. The number of benzene rings is 2. The van der Waals surface area contributed by atoms with Gasteiger partial charge in [0.1, 0.15) is 17.2 Å². The fourth-order valence-corrected chi connectivity index (χ4v) is 2.99. The largest absolute Gasteiger partial charge is 0.508 e. The molecule has 0 aliphatic heterocycles. The summed E-state index contributed by atoms with van der Waals surface area (Å²) in [6, 6.07) is 4.47. The first-order valence-corrected chi connectivity index (χ1v) is 6.72. The second-order valence-corrected chi connectivity index (χ2v) is 5.48. The molecule has 0 unspecified atom stereocenters. The molecule has 1 aliphatic rings. The van der Waals surface area contributed by atoms with E-state index in [1.807, 2.05) is 0 Å². The number of carbonyl (C=O) groups excluding carboxylic acids is 1. The number of methoxy groups -OCH3 is 1. The van der Waals surface area contributed by atoms with E-state index in [-0.39, 0.29) is 40.9 Å². The second kappa shape index (κ2) is 4.63. The van der Waals surface area contributed by atoms with Crippen molar-refractivity contribution in [3.8, 4) is 17.2 Å². The molecule has 0 radical (unpaired) electrons. The number of rotatable bonds is 1. The Bertz CT molecular complexity index is 750. The highest BCUT2D eigenvalue weighted by atomic mass is 16.5. The van der Waals surface area contributed by atoms with Crippen LogP contribution in [-0.2, 0) is 0 Å². The number of aliphatic hydroxyl groups excluding tert-OH is 1. The molecule has 0 spiro atoms. The number of ether oxygens (including phenoxy) is 1. The first-order valence-electron chi connectivity index (χ1n) is 6.72. The molecule has 1 aliphatic carbocycles. The normalized spacial score (nSPS) is 21.4. The standard InChI is InChI=1S/C16H16O5/c1-7-3-11(18)14-10(15(7)19)5-8-4-9(17)6-12(21-2)13(8)16(14)20/h4-7,15,17,19-20H,3H2,1-2H3/t7-,15+/m1/s1. The molecule has 0 heterocycles. The van der Waals surface area contributed by atoms with E-state index in [0.717, 1.165) is 0 Å². The van der Waals surface area contributed by atoms with E-state index in [1.165, 1.54) is 19.2 Å². The lowest BCUT2D eigenvalue weighted by atomic mass is 9.80. The summed E-state index contributed by atoms with van der Waals surface area (Å²) in [7, 11) is 1.42. The number of Topliss-reactive ketones (excluding diaryl/α,β-unsaturated/α-hetero) is 1. The molecule has 5 heteroatoms. The van der Waals surface area contributed by atoms with Gasteiger partial charge in [0.2, 0.25) is 0 Å². The van der Waals surface area contributed by atoms with Crippen molar-refractivity contribution in [2.75, 3.05) is 7.11 Å². The fourth-order valence-electron chi connectivity index (χ4n) is 2.99. The van der Waals surface area contributed by atoms with Crippen molar-refractivity contribution in [2.45, 2.75) is 19.4 Å². The van der Waals surface area contributed by atoms with Crippen molar-refractivity contribution >= 4 is 16.6 Å². The number of aliphatic hydroxyl groups is 1. The highest BCUT2D eigenvalue weighted by Gasteiger charge is 2.33. The molecular weight excluding hydrogens is 272 g/mol. The van der Waals surface area contributed by atoms with Crippen LogP contribution in [-0.4, -0.2) is 28.2 Å². The summed E-state index contributed by atoms with van der Waals surface area (Å²) in [5.74, 6) is -0.330. The molecule has 0 fully saturated rings. The number of phenols is 2. The number of fused-ring (bicyclic) bond motifs is 2. The van der Waals surface area contributed by atoms with E-state index >= 15 is 0 Å². The average molecular weight is 288 g/mol. The van der Waals surface area contributed by atoms with Gasteiger partial charge < -0.3 is 20.1 Å². The molecular formula is C16H16O5. The van der Waals surface area contributed by atoms with Gasteiger partial charge in [-0.25, -0.2) is 0 Å². The van der Waals surface area contributed by atoms with Crippen LogP contribution in [0.2, 0.25) is 0 Å². The Hall–Kier alpha value is -2.27. The molecule has 3 N–H and O–H groups in total. The number of ketones is 1. The zero-order valence-corrected chi connectivity index (χ0v) is 11.8. The third-order valence-corrected chi connectivity index (χ3v) is 4.05. The summed E-state index contributed by atoms with van der Waals surface area (Å²) in [6.45, 7) is 1.79. The number of aromatic hydroxyl groups is 2. The molecule has 0 aromatic heterocycles. The average Bonchev–Trinajstić information content (AvgIpc) is 2.43. The van der Waals surface area contributed by atoms with Crippen molar-refractivity contribution in [3.63, 3.8) is 0 Å². The molecule has 0 saturated heterocycles. The van der Waals surface area contributed by atoms with Gasteiger partial charge in [-0.15, -0.1) is 0 Å². The Morgan fingerprint density at radius 1 is 1.24 bits per heavy atom. The number of hydrogen-bond donors (Lipinski definition) is 3. The van der Waals surface area contributed by atoms with Crippen LogP contribution in [0, 0.1) is 5.92 Å². The Morgan fingerprint density at radius 3 is 2.62 bits per heavy atom. The molecule has 3 rings (SSSR count). The van der Waals surface area contributed by atoms with Gasteiger partial charge in [-0.05, 0) is 29.0 Å². The predicted octanol–water partition coefficient (Wildman–Crippen LogP) is 2.52. The maximum absolute atomic E-state index is 12.2. The lowest BCUT2D eigenvalue weighted by Crippen LogP contribution is -2.23. The van der Waals surface area contributed by atoms with Gasteiger partial charge in [0.15, 0.2) is 5.78 Å². The van der Waals surface area contributed by atoms with Gasteiger partial charge in [0.05, 0.1) is 24.2 Å². The van der Waals surface area contributed by atoms with Crippen molar-refractivity contribution in [1.29, 1.82) is 0 Å². The topological polar surface area (TPSA) is 87.0 Å². The molecule has 21 heavy (non-hydrogen) atoms. The van der Waals surface area contributed by atoms with Crippen LogP contribution in [0.3, 0.4) is 0 Å². The van der Waals surface area contributed by atoms with Crippen molar-refractivity contribution in [1.82, 2.24) is 0 Å². The minimum absolute atomic E-state index is 0.0108. The zero-order chi connectivity index (χ0) is 15.3. The third kappa shape index (κ3) is 1.93. The summed E-state index contributed by atoms with van der Waals surface area (Å²) in [4.78, 5) is 12.2. The SMILES string of the molecule is COc1cc(O)cc2cc3c(c(O)c12)C(=O)C[C@@H](C)[C@@H]3O. The second-order valence-electron chi connectivity index (χ2n) is 5.48. The number of carbonyl (C=O) groups is 1. The van der Waals surface area contributed by atoms with Gasteiger partial charge in [0.25, 0.3) is 0 Å². The van der Waals surface area contributed by atoms with Crippen LogP contribution in [0.5, 0.6) is 17.2 Å². The quantitative estimate of drug-likeness (QED) is 0.750. The van der Waals surface area contributed by atoms with Crippen molar-refractivity contribution < 1.29 is 24.9 Å². The molecule has 2 aromatic rings. The summed E-state index contributed by atoms with van der Waals surface area (Å²) >= 11 is 0. The van der Waals surface area contributed by atoms with Crippen LogP contribution in [0.25, 0.3) is 10.8 Å². The summed E-state index contributed by atoms with van der Waals surface area (Å²) in [6.07, 6.45) is -0.630. The highest BCUT2D eigenvalue weighted by Crippen LogP contribution is 2.45. The number of phenolic OH excluding ortho intramolecular Hbond substituents is 2. The van der Waals surface area contributed by atoms with Crippen LogP contribution in [0.4, 0.5) is 0 Å². The minimum Gasteiger partial charge on any atom is -0.508 e. The van der Waals surface area contributed by atoms with E-state index in [1.54, 1.807) is 13.0 Å². The van der Waals surface area contributed by atoms with Gasteiger partial charge in [-0.3, -0.25) is 4.79 Å². The van der Waals surface area contributed by atoms with E-state index in [0.29, 0.717) is 16.3 Å². The summed E-state index contributed by atoms with van der Waals surface area (Å²) in [5.41, 5.74) is 0.550. The van der Waals surface area contributed by atoms with Crippen LogP contribution < -0.4 is 4.74 Å². The summed E-state index contributed by atoms with van der Waals surface area (Å²) < 4.78 is 5.17. The van der Waals surface area contributed by atoms with Crippen molar-refractivity contribution in [3.05, 3.63) is 29.3 Å². The van der Waals surface area contributed by atoms with Crippen LogP contribution >= 0.6 is 0 Å². The van der Waals surface area contributed by atoms with E-state index in [4.69, 9.17) is 4.74 Å². The molecule has 5 nitrogen and oxygen atoms in total. The first-order chi connectivity index (χ1) is 9.93. The minimum atomic E-state index is -0.818. The lowest BCUT2D eigenvalue weighted by molar-refractivity contribution is 0.0747. The van der Waals surface area contributed by atoms with Crippen LogP contribution in [0.1, 0.15) is 35.4 Å². The van der Waals surface area contributed by atoms with Crippen molar-refractivity contribution in [2.24, 2.45) is 5.92 Å². The Balaban J connectivity index is 2.42. The van der Waals surface area contributed by atoms with Gasteiger partial charge in [-0.2, -0.15) is 0 Å². The van der Waals surface area contributed by atoms with Crippen LogP contribution in [0.15, 0.2) is 18.2 Å². The van der Waals surface area contributed by atoms with Gasteiger partial charge >= 0.3 is 0 Å². The Labute approximate surface area is 121 Å². The molecule has 2 aromatic carbocycles.